The maximum absolute atomic E-state index is 12.1. The van der Waals surface area contributed by atoms with Gasteiger partial charge in [-0.2, -0.15) is 0 Å². The summed E-state index contributed by atoms with van der Waals surface area (Å²) in [5.41, 5.74) is 3.87. The molecule has 0 saturated carbocycles. The lowest BCUT2D eigenvalue weighted by molar-refractivity contribution is -0.339. The lowest BCUT2D eigenvalue weighted by atomic mass is 10.2. The molecule has 1 aromatic carbocycles. The maximum atomic E-state index is 12.1. The summed E-state index contributed by atoms with van der Waals surface area (Å²) in [4.78, 5) is 3.88. The standard InChI is InChI=1S/C13H17BrF3N3O/c1-9(19-10(2)21-13(15,16)17)20(18-3)8-11-5-4-6-12(14)7-11/h4-7,10,18H,8H2,1-3H3/b19-9-. The molecule has 118 valence electrons. The zero-order valence-electron chi connectivity index (χ0n) is 11.9. The van der Waals surface area contributed by atoms with Crippen molar-refractivity contribution < 1.29 is 17.9 Å². The van der Waals surface area contributed by atoms with Gasteiger partial charge in [0.05, 0.1) is 6.54 Å². The second-order valence-electron chi connectivity index (χ2n) is 4.28. The van der Waals surface area contributed by atoms with Crippen LogP contribution in [0.3, 0.4) is 0 Å². The summed E-state index contributed by atoms with van der Waals surface area (Å²) in [5.74, 6) is 0.397. The first-order valence-corrected chi connectivity index (χ1v) is 6.99. The number of aliphatic imine (C=N–C) groups is 1. The van der Waals surface area contributed by atoms with Crippen LogP contribution < -0.4 is 5.43 Å². The van der Waals surface area contributed by atoms with Gasteiger partial charge < -0.3 is 0 Å². The third kappa shape index (κ3) is 6.92. The van der Waals surface area contributed by atoms with Crippen molar-refractivity contribution in [2.45, 2.75) is 33.0 Å². The van der Waals surface area contributed by atoms with Crippen molar-refractivity contribution in [3.8, 4) is 0 Å². The van der Waals surface area contributed by atoms with Crippen molar-refractivity contribution in [1.82, 2.24) is 10.4 Å². The Balaban J connectivity index is 2.74. The quantitative estimate of drug-likeness (QED) is 0.489. The summed E-state index contributed by atoms with van der Waals surface area (Å²) in [5, 5.41) is 1.64. The summed E-state index contributed by atoms with van der Waals surface area (Å²) in [6, 6.07) is 7.62. The third-order valence-electron chi connectivity index (χ3n) is 2.56. The molecule has 0 amide bonds. The van der Waals surface area contributed by atoms with Gasteiger partial charge in [-0.1, -0.05) is 28.1 Å². The lowest BCUT2D eigenvalue weighted by Gasteiger charge is -2.24. The van der Waals surface area contributed by atoms with Gasteiger partial charge in [0.2, 0.25) is 0 Å². The van der Waals surface area contributed by atoms with E-state index in [2.05, 4.69) is 31.1 Å². The average Bonchev–Trinajstić information content (AvgIpc) is 2.33. The van der Waals surface area contributed by atoms with Crippen molar-refractivity contribution >= 4 is 21.8 Å². The van der Waals surface area contributed by atoms with E-state index in [0.29, 0.717) is 12.4 Å². The van der Waals surface area contributed by atoms with Crippen LogP contribution in [0, 0.1) is 0 Å². The molecule has 0 heterocycles. The maximum Gasteiger partial charge on any atom is 0.524 e. The SMILES string of the molecule is CNN(Cc1cccc(Br)c1)/C(C)=N\C(C)OC(F)(F)F. The molecule has 1 aromatic rings. The van der Waals surface area contributed by atoms with E-state index in [0.717, 1.165) is 10.0 Å². The zero-order chi connectivity index (χ0) is 16.0. The summed E-state index contributed by atoms with van der Waals surface area (Å²) in [6.45, 7) is 3.32. The fourth-order valence-electron chi connectivity index (χ4n) is 1.73. The number of halogens is 4. The van der Waals surface area contributed by atoms with Crippen LogP contribution in [0.25, 0.3) is 0 Å². The van der Waals surface area contributed by atoms with Crippen LogP contribution >= 0.6 is 15.9 Å². The molecule has 1 rings (SSSR count). The van der Waals surface area contributed by atoms with Gasteiger partial charge in [0, 0.05) is 11.5 Å². The number of nitrogens with one attached hydrogen (secondary N) is 1. The Labute approximate surface area is 130 Å². The minimum Gasteiger partial charge on any atom is -0.292 e. The predicted octanol–water partition coefficient (Wildman–Crippen LogP) is 3.69. The summed E-state index contributed by atoms with van der Waals surface area (Å²) < 4.78 is 41.1. The van der Waals surface area contributed by atoms with Gasteiger partial charge in [0.15, 0.2) is 6.23 Å². The number of rotatable bonds is 5. The molecule has 1 N–H and O–H groups in total. The number of nitrogens with zero attached hydrogens (tertiary/aromatic N) is 2. The normalized spacial score (nSPS) is 14.1. The number of alkyl halides is 3. The molecule has 0 bridgehead atoms. The van der Waals surface area contributed by atoms with Gasteiger partial charge in [0.25, 0.3) is 0 Å². The van der Waals surface area contributed by atoms with E-state index in [-0.39, 0.29) is 0 Å². The van der Waals surface area contributed by atoms with Crippen LogP contribution in [-0.2, 0) is 11.3 Å². The van der Waals surface area contributed by atoms with E-state index in [1.165, 1.54) is 6.92 Å². The van der Waals surface area contributed by atoms with Crippen molar-refractivity contribution in [1.29, 1.82) is 0 Å². The summed E-state index contributed by atoms with van der Waals surface area (Å²) in [7, 11) is 1.67. The Hall–Kier alpha value is -1.12. The Morgan fingerprint density at radius 2 is 2.14 bits per heavy atom. The second kappa shape index (κ2) is 7.77. The largest absolute Gasteiger partial charge is 0.524 e. The Bertz CT molecular complexity index is 494. The van der Waals surface area contributed by atoms with Gasteiger partial charge in [-0.15, -0.1) is 13.2 Å². The molecule has 0 aliphatic heterocycles. The van der Waals surface area contributed by atoms with Crippen LogP contribution in [-0.4, -0.2) is 30.5 Å². The Kier molecular flexibility index (Phi) is 6.63. The number of amidine groups is 1. The molecule has 1 unspecified atom stereocenters. The predicted molar refractivity (Wildman–Crippen MR) is 78.5 cm³/mol. The summed E-state index contributed by atoms with van der Waals surface area (Å²) >= 11 is 3.37. The molecule has 0 fully saturated rings. The first kappa shape index (κ1) is 17.9. The third-order valence-corrected chi connectivity index (χ3v) is 3.06. The van der Waals surface area contributed by atoms with Crippen molar-refractivity contribution in [3.63, 3.8) is 0 Å². The molecule has 1 atom stereocenters. The minimum absolute atomic E-state index is 0.397. The Morgan fingerprint density at radius 1 is 1.48 bits per heavy atom. The summed E-state index contributed by atoms with van der Waals surface area (Å²) in [6.07, 6.45) is -6.00. The first-order chi connectivity index (χ1) is 9.71. The second-order valence-corrected chi connectivity index (χ2v) is 5.19. The minimum atomic E-state index is -4.70. The van der Waals surface area contributed by atoms with Crippen LogP contribution in [0.5, 0.6) is 0 Å². The lowest BCUT2D eigenvalue weighted by Crippen LogP contribution is -2.39. The number of hydrazine groups is 1. The van der Waals surface area contributed by atoms with Gasteiger partial charge in [-0.05, 0) is 31.5 Å². The van der Waals surface area contributed by atoms with E-state index in [9.17, 15) is 13.2 Å². The number of hydrogen-bond acceptors (Lipinski definition) is 3. The fourth-order valence-corrected chi connectivity index (χ4v) is 2.17. The van der Waals surface area contributed by atoms with Gasteiger partial charge in [0.1, 0.15) is 5.84 Å². The number of ether oxygens (including phenoxy) is 1. The highest BCUT2D eigenvalue weighted by molar-refractivity contribution is 9.10. The van der Waals surface area contributed by atoms with E-state index in [1.807, 2.05) is 24.3 Å². The molecular formula is C13H17BrF3N3O. The fraction of sp³-hybridized carbons (Fsp3) is 0.462. The molecule has 0 spiro atoms. The van der Waals surface area contributed by atoms with E-state index in [1.54, 1.807) is 19.0 Å². The van der Waals surface area contributed by atoms with E-state index < -0.39 is 12.6 Å². The van der Waals surface area contributed by atoms with E-state index in [4.69, 9.17) is 0 Å². The molecule has 0 aliphatic rings. The van der Waals surface area contributed by atoms with Crippen molar-refractivity contribution in [3.05, 3.63) is 34.3 Å². The number of hydrogen-bond donors (Lipinski definition) is 1. The highest BCUT2D eigenvalue weighted by Gasteiger charge is 2.32. The molecule has 4 nitrogen and oxygen atoms in total. The molecule has 21 heavy (non-hydrogen) atoms. The van der Waals surface area contributed by atoms with Gasteiger partial charge in [-0.3, -0.25) is 9.75 Å². The molecule has 0 saturated heterocycles. The average molecular weight is 368 g/mol. The van der Waals surface area contributed by atoms with Crippen LogP contribution in [0.1, 0.15) is 19.4 Å². The molecule has 0 radical (unpaired) electrons. The smallest absolute Gasteiger partial charge is 0.292 e. The number of benzene rings is 1. The van der Waals surface area contributed by atoms with Crippen LogP contribution in [0.2, 0.25) is 0 Å². The van der Waals surface area contributed by atoms with Crippen molar-refractivity contribution in [2.24, 2.45) is 4.99 Å². The molecular weight excluding hydrogens is 351 g/mol. The van der Waals surface area contributed by atoms with Gasteiger partial charge >= 0.3 is 6.36 Å². The zero-order valence-corrected chi connectivity index (χ0v) is 13.5. The topological polar surface area (TPSA) is 36.9 Å². The highest BCUT2D eigenvalue weighted by atomic mass is 79.9. The monoisotopic (exact) mass is 367 g/mol. The molecule has 0 aromatic heterocycles. The van der Waals surface area contributed by atoms with E-state index >= 15 is 0 Å². The molecule has 8 heteroatoms. The van der Waals surface area contributed by atoms with Crippen molar-refractivity contribution in [2.75, 3.05) is 7.05 Å². The van der Waals surface area contributed by atoms with Crippen LogP contribution in [0.4, 0.5) is 13.2 Å². The first-order valence-electron chi connectivity index (χ1n) is 6.19. The van der Waals surface area contributed by atoms with Gasteiger partial charge in [-0.25, -0.2) is 10.4 Å². The highest BCUT2D eigenvalue weighted by Crippen LogP contribution is 2.19. The molecule has 0 aliphatic carbocycles. The Morgan fingerprint density at radius 3 is 2.67 bits per heavy atom. The van der Waals surface area contributed by atoms with Crippen LogP contribution in [0.15, 0.2) is 33.7 Å².